The molecule has 0 spiro atoms. The monoisotopic (exact) mass is 372 g/mol. The van der Waals surface area contributed by atoms with Gasteiger partial charge in [0.2, 0.25) is 0 Å². The Bertz CT molecular complexity index is 974. The third-order valence-electron chi connectivity index (χ3n) is 4.69. The Labute approximate surface area is 154 Å². The summed E-state index contributed by atoms with van der Waals surface area (Å²) < 4.78 is 6.90. The highest BCUT2D eigenvalue weighted by Crippen LogP contribution is 2.35. The third kappa shape index (κ3) is 3.09. The summed E-state index contributed by atoms with van der Waals surface area (Å²) in [6, 6.07) is 8.12. The average Bonchev–Trinajstić information content (AvgIpc) is 3.20. The van der Waals surface area contributed by atoms with Crippen LogP contribution in [0.2, 0.25) is 0 Å². The molecule has 0 bridgehead atoms. The maximum absolute atomic E-state index is 12.8. The molecule has 1 aromatic carbocycles. The molecule has 0 fully saturated rings. The Morgan fingerprint density at radius 1 is 1.28 bits per heavy atom. The number of hydrogen-bond donors (Lipinski definition) is 0. The number of hydrogen-bond acceptors (Lipinski definition) is 5. The fourth-order valence-corrected chi connectivity index (χ4v) is 5.55. The summed E-state index contributed by atoms with van der Waals surface area (Å²) in [5, 5.41) is 1.67. The van der Waals surface area contributed by atoms with Gasteiger partial charge in [-0.3, -0.25) is 9.36 Å². The molecule has 130 valence electrons. The first kappa shape index (κ1) is 16.7. The van der Waals surface area contributed by atoms with Gasteiger partial charge in [0.05, 0.1) is 12.5 Å². The van der Waals surface area contributed by atoms with Gasteiger partial charge in [0.25, 0.3) is 5.56 Å². The topological polar surface area (TPSA) is 44.1 Å². The summed E-state index contributed by atoms with van der Waals surface area (Å²) in [6.45, 7) is 0. The Morgan fingerprint density at radius 2 is 2.08 bits per heavy atom. The Kier molecular flexibility index (Phi) is 4.56. The van der Waals surface area contributed by atoms with Gasteiger partial charge >= 0.3 is 0 Å². The molecule has 25 heavy (non-hydrogen) atoms. The lowest BCUT2D eigenvalue weighted by molar-refractivity contribution is 0.414. The fraction of sp³-hybridized carbons (Fsp3) is 0.368. The predicted molar refractivity (Wildman–Crippen MR) is 104 cm³/mol. The lowest BCUT2D eigenvalue weighted by Crippen LogP contribution is -2.20. The third-order valence-corrected chi connectivity index (χ3v) is 6.90. The van der Waals surface area contributed by atoms with Crippen molar-refractivity contribution >= 4 is 33.3 Å². The second-order valence-corrected chi connectivity index (χ2v) is 8.39. The SMILES string of the molecule is COc1ccc(CCSc2nc3sc4c(c3c(=O)n2C)CCC4)cc1. The van der Waals surface area contributed by atoms with Crippen LogP contribution in [0.3, 0.4) is 0 Å². The van der Waals surface area contributed by atoms with Crippen molar-refractivity contribution in [2.24, 2.45) is 7.05 Å². The van der Waals surface area contributed by atoms with Gasteiger partial charge in [-0.25, -0.2) is 4.98 Å². The smallest absolute Gasteiger partial charge is 0.262 e. The number of thioether (sulfide) groups is 1. The van der Waals surface area contributed by atoms with Gasteiger partial charge in [-0.15, -0.1) is 11.3 Å². The number of benzene rings is 1. The molecule has 0 amide bonds. The van der Waals surface area contributed by atoms with E-state index < -0.39 is 0 Å². The van der Waals surface area contributed by atoms with E-state index in [9.17, 15) is 4.79 Å². The molecular weight excluding hydrogens is 352 g/mol. The van der Waals surface area contributed by atoms with Crippen LogP contribution in [0.15, 0.2) is 34.2 Å². The number of aromatic nitrogens is 2. The number of nitrogens with zero attached hydrogens (tertiary/aromatic N) is 2. The minimum absolute atomic E-state index is 0.108. The molecule has 3 aromatic rings. The molecule has 1 aliphatic rings. The second-order valence-electron chi connectivity index (χ2n) is 6.24. The second kappa shape index (κ2) is 6.84. The van der Waals surface area contributed by atoms with E-state index in [0.717, 1.165) is 46.1 Å². The lowest BCUT2D eigenvalue weighted by atomic mass is 10.2. The number of ether oxygens (including phenoxy) is 1. The zero-order valence-corrected chi connectivity index (χ0v) is 16.0. The maximum Gasteiger partial charge on any atom is 0.262 e. The van der Waals surface area contributed by atoms with E-state index in [1.165, 1.54) is 22.4 Å². The first-order chi connectivity index (χ1) is 12.2. The van der Waals surface area contributed by atoms with Gasteiger partial charge in [0, 0.05) is 17.7 Å². The highest BCUT2D eigenvalue weighted by atomic mass is 32.2. The molecule has 0 saturated heterocycles. The molecule has 6 heteroatoms. The van der Waals surface area contributed by atoms with E-state index >= 15 is 0 Å². The van der Waals surface area contributed by atoms with E-state index in [2.05, 4.69) is 12.1 Å². The Balaban J connectivity index is 1.53. The minimum Gasteiger partial charge on any atom is -0.497 e. The van der Waals surface area contributed by atoms with Gasteiger partial charge in [-0.05, 0) is 48.9 Å². The first-order valence-electron chi connectivity index (χ1n) is 8.44. The van der Waals surface area contributed by atoms with Crippen LogP contribution in [0.25, 0.3) is 10.2 Å². The van der Waals surface area contributed by atoms with Crippen molar-refractivity contribution in [2.45, 2.75) is 30.8 Å². The first-order valence-corrected chi connectivity index (χ1v) is 10.2. The van der Waals surface area contributed by atoms with Gasteiger partial charge < -0.3 is 4.74 Å². The molecule has 2 aromatic heterocycles. The molecule has 0 N–H and O–H groups in total. The van der Waals surface area contributed by atoms with Gasteiger partial charge in [-0.2, -0.15) is 0 Å². The molecular formula is C19H20N2O2S2. The van der Waals surface area contributed by atoms with Crippen LogP contribution in [0.4, 0.5) is 0 Å². The summed E-state index contributed by atoms with van der Waals surface area (Å²) >= 11 is 3.35. The largest absolute Gasteiger partial charge is 0.497 e. The lowest BCUT2D eigenvalue weighted by Gasteiger charge is -2.08. The van der Waals surface area contributed by atoms with Crippen LogP contribution in [0.5, 0.6) is 5.75 Å². The van der Waals surface area contributed by atoms with Crippen LogP contribution >= 0.6 is 23.1 Å². The molecule has 0 unspecified atom stereocenters. The van der Waals surface area contributed by atoms with Gasteiger partial charge in [0.1, 0.15) is 10.6 Å². The Hall–Kier alpha value is -1.79. The molecule has 4 rings (SSSR count). The summed E-state index contributed by atoms with van der Waals surface area (Å²) in [4.78, 5) is 19.8. The van der Waals surface area contributed by atoms with E-state index in [1.807, 2.05) is 19.2 Å². The number of fused-ring (bicyclic) bond motifs is 3. The Morgan fingerprint density at radius 3 is 2.84 bits per heavy atom. The van der Waals surface area contributed by atoms with E-state index in [1.54, 1.807) is 34.8 Å². The van der Waals surface area contributed by atoms with Crippen molar-refractivity contribution in [1.29, 1.82) is 0 Å². The normalized spacial score (nSPS) is 13.4. The van der Waals surface area contributed by atoms with Crippen LogP contribution in [-0.4, -0.2) is 22.4 Å². The molecule has 4 nitrogen and oxygen atoms in total. The van der Waals surface area contributed by atoms with Crippen molar-refractivity contribution in [3.63, 3.8) is 0 Å². The zero-order valence-electron chi connectivity index (χ0n) is 14.4. The van der Waals surface area contributed by atoms with Crippen LogP contribution in [0.1, 0.15) is 22.4 Å². The van der Waals surface area contributed by atoms with Crippen molar-refractivity contribution in [1.82, 2.24) is 9.55 Å². The predicted octanol–water partition coefficient (Wildman–Crippen LogP) is 3.83. The molecule has 0 radical (unpaired) electrons. The number of thiophene rings is 1. The molecule has 2 heterocycles. The average molecular weight is 373 g/mol. The summed E-state index contributed by atoms with van der Waals surface area (Å²) in [5.74, 6) is 1.76. The zero-order chi connectivity index (χ0) is 17.4. The van der Waals surface area contributed by atoms with E-state index in [4.69, 9.17) is 9.72 Å². The van der Waals surface area contributed by atoms with Crippen molar-refractivity contribution in [2.75, 3.05) is 12.9 Å². The highest BCUT2D eigenvalue weighted by Gasteiger charge is 2.22. The van der Waals surface area contributed by atoms with E-state index in [-0.39, 0.29) is 5.56 Å². The summed E-state index contributed by atoms with van der Waals surface area (Å²) in [7, 11) is 3.51. The van der Waals surface area contributed by atoms with Crippen molar-refractivity contribution in [3.05, 3.63) is 50.6 Å². The van der Waals surface area contributed by atoms with Crippen molar-refractivity contribution in [3.8, 4) is 5.75 Å². The molecule has 0 saturated carbocycles. The van der Waals surface area contributed by atoms with Crippen molar-refractivity contribution < 1.29 is 4.74 Å². The van der Waals surface area contributed by atoms with Gasteiger partial charge in [0.15, 0.2) is 5.16 Å². The van der Waals surface area contributed by atoms with Gasteiger partial charge in [-0.1, -0.05) is 23.9 Å². The number of methoxy groups -OCH3 is 1. The quantitative estimate of drug-likeness (QED) is 0.504. The maximum atomic E-state index is 12.8. The standard InChI is InChI=1S/C19H20N2O2S2/c1-21-18(22)16-14-4-3-5-15(14)25-17(16)20-19(21)24-11-10-12-6-8-13(23-2)9-7-12/h6-9H,3-5,10-11H2,1-2H3. The van der Waals surface area contributed by atoms with Crippen LogP contribution in [0, 0.1) is 0 Å². The fourth-order valence-electron chi connectivity index (χ4n) is 3.29. The number of rotatable bonds is 5. The van der Waals surface area contributed by atoms with Crippen LogP contribution < -0.4 is 10.3 Å². The van der Waals surface area contributed by atoms with E-state index in [0.29, 0.717) is 0 Å². The molecule has 1 aliphatic carbocycles. The molecule has 0 aliphatic heterocycles. The number of aryl methyl sites for hydroxylation is 3. The highest BCUT2D eigenvalue weighted by molar-refractivity contribution is 7.99. The minimum atomic E-state index is 0.108. The molecule has 0 atom stereocenters. The van der Waals surface area contributed by atoms with Crippen LogP contribution in [-0.2, 0) is 26.3 Å². The summed E-state index contributed by atoms with van der Waals surface area (Å²) in [5.41, 5.74) is 2.62. The summed E-state index contributed by atoms with van der Waals surface area (Å²) in [6.07, 6.45) is 4.22.